The fourth-order valence-electron chi connectivity index (χ4n) is 2.00. The number of urea groups is 1. The minimum atomic E-state index is -0.213. The lowest BCUT2D eigenvalue weighted by Gasteiger charge is -2.24. The molecule has 0 saturated heterocycles. The highest BCUT2D eigenvalue weighted by atomic mass is 35.5. The van der Waals surface area contributed by atoms with E-state index in [0.717, 1.165) is 12.1 Å². The van der Waals surface area contributed by atoms with Gasteiger partial charge in [-0.15, -0.1) is 0 Å². The van der Waals surface area contributed by atoms with Gasteiger partial charge in [0.2, 0.25) is 0 Å². The maximum atomic E-state index is 12.5. The van der Waals surface area contributed by atoms with Gasteiger partial charge in [0.1, 0.15) is 5.76 Å². The lowest BCUT2D eigenvalue weighted by atomic mass is 10.2. The lowest BCUT2D eigenvalue weighted by Crippen LogP contribution is -2.39. The second-order valence-corrected chi connectivity index (χ2v) is 6.04. The Kier molecular flexibility index (Phi) is 6.01. The summed E-state index contributed by atoms with van der Waals surface area (Å²) in [7, 11) is 3.94. The average molecular weight is 337 g/mol. The second kappa shape index (κ2) is 7.99. The Balaban J connectivity index is 2.05. The number of carbonyl (C=O) groups is 1. The van der Waals surface area contributed by atoms with Crippen LogP contribution in [0.15, 0.2) is 34.9 Å². The van der Waals surface area contributed by atoms with Gasteiger partial charge in [0.15, 0.2) is 5.82 Å². The summed E-state index contributed by atoms with van der Waals surface area (Å²) in [6.45, 7) is 3.63. The topological polar surface area (TPSA) is 61.6 Å². The van der Waals surface area contributed by atoms with Gasteiger partial charge in [-0.3, -0.25) is 5.32 Å². The normalized spacial score (nSPS) is 10.8. The Morgan fingerprint density at radius 3 is 2.52 bits per heavy atom. The van der Waals surface area contributed by atoms with Crippen molar-refractivity contribution in [2.45, 2.75) is 13.5 Å². The van der Waals surface area contributed by atoms with Crippen molar-refractivity contribution >= 4 is 23.4 Å². The zero-order chi connectivity index (χ0) is 16.8. The molecule has 1 aromatic heterocycles. The molecule has 1 heterocycles. The predicted molar refractivity (Wildman–Crippen MR) is 90.7 cm³/mol. The number of hydrogen-bond acceptors (Lipinski definition) is 4. The summed E-state index contributed by atoms with van der Waals surface area (Å²) in [6, 6.07) is 8.94. The number of carbonyl (C=O) groups excluding carboxylic acids is 1. The molecule has 6 nitrogen and oxygen atoms in total. The average Bonchev–Trinajstić information content (AvgIpc) is 2.90. The van der Waals surface area contributed by atoms with Gasteiger partial charge >= 0.3 is 6.03 Å². The van der Waals surface area contributed by atoms with E-state index in [4.69, 9.17) is 16.1 Å². The molecule has 1 aromatic carbocycles. The van der Waals surface area contributed by atoms with Crippen LogP contribution < -0.4 is 5.32 Å². The largest absolute Gasteiger partial charge is 0.360 e. The summed E-state index contributed by atoms with van der Waals surface area (Å²) in [5.74, 6) is 1.07. The zero-order valence-electron chi connectivity index (χ0n) is 13.5. The SMILES string of the molecule is Cc1cc(NC(=O)N(CCN(C)C)Cc2ccc(Cl)cc2)no1. The fraction of sp³-hybridized carbons (Fsp3) is 0.375. The first kappa shape index (κ1) is 17.3. The summed E-state index contributed by atoms with van der Waals surface area (Å²) in [5.41, 5.74) is 1.01. The van der Waals surface area contributed by atoms with Crippen LogP contribution in [0.1, 0.15) is 11.3 Å². The number of amides is 2. The molecule has 1 N–H and O–H groups in total. The molecule has 0 unspecified atom stereocenters. The molecule has 0 spiro atoms. The molecule has 0 radical (unpaired) electrons. The molecule has 0 fully saturated rings. The summed E-state index contributed by atoms with van der Waals surface area (Å²) in [6.07, 6.45) is 0. The maximum Gasteiger partial charge on any atom is 0.323 e. The van der Waals surface area contributed by atoms with E-state index in [-0.39, 0.29) is 6.03 Å². The molecule has 2 aromatic rings. The number of likely N-dealkylation sites (N-methyl/N-ethyl adjacent to an activating group) is 1. The minimum Gasteiger partial charge on any atom is -0.360 e. The highest BCUT2D eigenvalue weighted by Crippen LogP contribution is 2.13. The van der Waals surface area contributed by atoms with Gasteiger partial charge in [-0.25, -0.2) is 4.79 Å². The Hall–Kier alpha value is -2.05. The minimum absolute atomic E-state index is 0.213. The number of aromatic nitrogens is 1. The van der Waals surface area contributed by atoms with Crippen LogP contribution in [0.25, 0.3) is 0 Å². The number of halogens is 1. The van der Waals surface area contributed by atoms with E-state index in [9.17, 15) is 4.79 Å². The maximum absolute atomic E-state index is 12.5. The molecule has 0 atom stereocenters. The van der Waals surface area contributed by atoms with Gasteiger partial charge in [0.25, 0.3) is 0 Å². The monoisotopic (exact) mass is 336 g/mol. The fourth-order valence-corrected chi connectivity index (χ4v) is 2.12. The standard InChI is InChI=1S/C16H21ClN4O2/c1-12-10-15(19-23-12)18-16(22)21(9-8-20(2)3)11-13-4-6-14(17)7-5-13/h4-7,10H,8-9,11H2,1-3H3,(H,18,19,22). The van der Waals surface area contributed by atoms with Crippen molar-refractivity contribution in [3.05, 3.63) is 46.7 Å². The van der Waals surface area contributed by atoms with E-state index in [1.54, 1.807) is 17.9 Å². The number of aryl methyl sites for hydroxylation is 1. The predicted octanol–water partition coefficient (Wildman–Crippen LogP) is 3.23. The number of hydrogen-bond donors (Lipinski definition) is 1. The Morgan fingerprint density at radius 1 is 1.26 bits per heavy atom. The van der Waals surface area contributed by atoms with Crippen molar-refractivity contribution in [3.63, 3.8) is 0 Å². The van der Waals surface area contributed by atoms with Gasteiger partial charge in [-0.05, 0) is 38.7 Å². The summed E-state index contributed by atoms with van der Waals surface area (Å²) in [5, 5.41) is 7.22. The van der Waals surface area contributed by atoms with Crippen LogP contribution in [-0.4, -0.2) is 48.2 Å². The van der Waals surface area contributed by atoms with Crippen LogP contribution in [0.4, 0.5) is 10.6 Å². The summed E-state index contributed by atoms with van der Waals surface area (Å²) in [4.78, 5) is 16.3. The number of nitrogens with one attached hydrogen (secondary N) is 1. The third-order valence-electron chi connectivity index (χ3n) is 3.25. The molecule has 0 bridgehead atoms. The molecule has 0 saturated carbocycles. The molecular weight excluding hydrogens is 316 g/mol. The number of benzene rings is 1. The van der Waals surface area contributed by atoms with Crippen molar-refractivity contribution in [2.24, 2.45) is 0 Å². The first-order valence-electron chi connectivity index (χ1n) is 7.32. The van der Waals surface area contributed by atoms with Gasteiger partial charge in [-0.1, -0.05) is 28.9 Å². The van der Waals surface area contributed by atoms with Crippen molar-refractivity contribution in [1.82, 2.24) is 15.0 Å². The quantitative estimate of drug-likeness (QED) is 0.879. The molecule has 0 aliphatic carbocycles. The van der Waals surface area contributed by atoms with Crippen LogP contribution in [-0.2, 0) is 6.54 Å². The van der Waals surface area contributed by atoms with E-state index >= 15 is 0 Å². The van der Waals surface area contributed by atoms with Crippen LogP contribution in [0.5, 0.6) is 0 Å². The van der Waals surface area contributed by atoms with Gasteiger partial charge in [-0.2, -0.15) is 0 Å². The smallest absolute Gasteiger partial charge is 0.323 e. The van der Waals surface area contributed by atoms with Gasteiger partial charge in [0.05, 0.1) is 0 Å². The third-order valence-corrected chi connectivity index (χ3v) is 3.51. The van der Waals surface area contributed by atoms with Gasteiger partial charge < -0.3 is 14.3 Å². The zero-order valence-corrected chi connectivity index (χ0v) is 14.3. The van der Waals surface area contributed by atoms with Crippen LogP contribution in [0.3, 0.4) is 0 Å². The van der Waals surface area contributed by atoms with E-state index in [2.05, 4.69) is 10.5 Å². The van der Waals surface area contributed by atoms with Crippen molar-refractivity contribution in [2.75, 3.05) is 32.5 Å². The van der Waals surface area contributed by atoms with E-state index in [1.165, 1.54) is 0 Å². The second-order valence-electron chi connectivity index (χ2n) is 5.60. The van der Waals surface area contributed by atoms with Crippen LogP contribution in [0.2, 0.25) is 5.02 Å². The van der Waals surface area contributed by atoms with Crippen molar-refractivity contribution in [1.29, 1.82) is 0 Å². The molecule has 0 aliphatic heterocycles. The third kappa shape index (κ3) is 5.58. The molecule has 2 amide bonds. The summed E-state index contributed by atoms with van der Waals surface area (Å²) < 4.78 is 4.97. The molecule has 124 valence electrons. The first-order chi connectivity index (χ1) is 10.9. The van der Waals surface area contributed by atoms with Crippen molar-refractivity contribution < 1.29 is 9.32 Å². The van der Waals surface area contributed by atoms with Crippen LogP contribution >= 0.6 is 11.6 Å². The first-order valence-corrected chi connectivity index (χ1v) is 7.70. The molecule has 2 rings (SSSR count). The van der Waals surface area contributed by atoms with E-state index in [0.29, 0.717) is 29.7 Å². The lowest BCUT2D eigenvalue weighted by molar-refractivity contribution is 0.202. The van der Waals surface area contributed by atoms with E-state index in [1.807, 2.05) is 43.3 Å². The number of rotatable bonds is 6. The summed E-state index contributed by atoms with van der Waals surface area (Å²) >= 11 is 5.90. The molecule has 23 heavy (non-hydrogen) atoms. The van der Waals surface area contributed by atoms with E-state index < -0.39 is 0 Å². The number of nitrogens with zero attached hydrogens (tertiary/aromatic N) is 3. The highest BCUT2D eigenvalue weighted by molar-refractivity contribution is 6.30. The highest BCUT2D eigenvalue weighted by Gasteiger charge is 2.16. The number of anilines is 1. The van der Waals surface area contributed by atoms with Crippen molar-refractivity contribution in [3.8, 4) is 0 Å². The van der Waals surface area contributed by atoms with Gasteiger partial charge in [0, 0.05) is 30.7 Å². The molecular formula is C16H21ClN4O2. The Morgan fingerprint density at radius 2 is 1.96 bits per heavy atom. The molecule has 0 aliphatic rings. The van der Waals surface area contributed by atoms with Crippen LogP contribution in [0, 0.1) is 6.92 Å². The Bertz CT molecular complexity index is 640. The molecule has 7 heteroatoms. The Labute approximate surface area is 141 Å².